The highest BCUT2D eigenvalue weighted by molar-refractivity contribution is 5.79. The molecule has 0 radical (unpaired) electrons. The lowest BCUT2D eigenvalue weighted by Crippen LogP contribution is -2.30. The lowest BCUT2D eigenvalue weighted by molar-refractivity contribution is -0.138. The van der Waals surface area contributed by atoms with Crippen LogP contribution in [0.3, 0.4) is 0 Å². The minimum absolute atomic E-state index is 0.0483. The van der Waals surface area contributed by atoms with E-state index in [1.807, 2.05) is 25.1 Å². The zero-order valence-electron chi connectivity index (χ0n) is 11.5. The maximum atomic E-state index is 12.0. The Kier molecular flexibility index (Phi) is 5.36. The molecule has 0 saturated carbocycles. The van der Waals surface area contributed by atoms with Gasteiger partial charge in [-0.2, -0.15) is 0 Å². The standard InChI is InChI=1S/C14H19NO4/c1-10-4-5-11(12(8-10)19-3)9-13(16)15(2)7-6-14(17)18/h4-5,8H,6-7,9H2,1-3H3,(H,17,18). The molecule has 0 aromatic heterocycles. The maximum Gasteiger partial charge on any atom is 0.305 e. The molecule has 0 fully saturated rings. The average Bonchev–Trinajstić information content (AvgIpc) is 2.37. The molecule has 0 spiro atoms. The monoisotopic (exact) mass is 265 g/mol. The summed E-state index contributed by atoms with van der Waals surface area (Å²) >= 11 is 0. The van der Waals surface area contributed by atoms with Gasteiger partial charge in [-0.1, -0.05) is 12.1 Å². The van der Waals surface area contributed by atoms with Crippen LogP contribution in [-0.4, -0.2) is 42.6 Å². The summed E-state index contributed by atoms with van der Waals surface area (Å²) in [5.41, 5.74) is 1.87. The van der Waals surface area contributed by atoms with Gasteiger partial charge in [-0.05, 0) is 18.6 Å². The van der Waals surface area contributed by atoms with E-state index in [1.165, 1.54) is 4.90 Å². The number of hydrogen-bond acceptors (Lipinski definition) is 3. The maximum absolute atomic E-state index is 12.0. The van der Waals surface area contributed by atoms with Gasteiger partial charge in [0.2, 0.25) is 5.91 Å². The van der Waals surface area contributed by atoms with Crippen LogP contribution in [0, 0.1) is 6.92 Å². The summed E-state index contributed by atoms with van der Waals surface area (Å²) in [5.74, 6) is -0.351. The Morgan fingerprint density at radius 2 is 2.05 bits per heavy atom. The molecule has 1 N–H and O–H groups in total. The molecule has 0 heterocycles. The van der Waals surface area contributed by atoms with Crippen molar-refractivity contribution in [2.75, 3.05) is 20.7 Å². The van der Waals surface area contributed by atoms with Gasteiger partial charge in [0, 0.05) is 19.2 Å². The second kappa shape index (κ2) is 6.78. The van der Waals surface area contributed by atoms with Crippen LogP contribution in [0.25, 0.3) is 0 Å². The Labute approximate surface area is 112 Å². The normalized spacial score (nSPS) is 10.1. The summed E-state index contributed by atoms with van der Waals surface area (Å²) in [6, 6.07) is 5.65. The Hall–Kier alpha value is -2.04. The second-order valence-corrected chi connectivity index (χ2v) is 4.45. The summed E-state index contributed by atoms with van der Waals surface area (Å²) < 4.78 is 5.24. The highest BCUT2D eigenvalue weighted by Gasteiger charge is 2.13. The first kappa shape index (κ1) is 15.0. The van der Waals surface area contributed by atoms with Gasteiger partial charge in [0.1, 0.15) is 5.75 Å². The fraction of sp³-hybridized carbons (Fsp3) is 0.429. The summed E-state index contributed by atoms with van der Waals surface area (Å²) in [7, 11) is 3.17. The number of hydrogen-bond donors (Lipinski definition) is 1. The fourth-order valence-corrected chi connectivity index (χ4v) is 1.68. The molecule has 0 atom stereocenters. The van der Waals surface area contributed by atoms with Crippen molar-refractivity contribution in [1.82, 2.24) is 4.90 Å². The third kappa shape index (κ3) is 4.62. The van der Waals surface area contributed by atoms with Gasteiger partial charge in [-0.25, -0.2) is 0 Å². The van der Waals surface area contributed by atoms with Gasteiger partial charge >= 0.3 is 5.97 Å². The number of benzene rings is 1. The average molecular weight is 265 g/mol. The largest absolute Gasteiger partial charge is 0.496 e. The number of carboxylic acid groups (broad SMARTS) is 1. The smallest absolute Gasteiger partial charge is 0.305 e. The van der Waals surface area contributed by atoms with Crippen LogP contribution in [0.15, 0.2) is 18.2 Å². The van der Waals surface area contributed by atoms with Gasteiger partial charge in [0.05, 0.1) is 20.0 Å². The Balaban J connectivity index is 2.68. The van der Waals surface area contributed by atoms with Gasteiger partial charge in [0.25, 0.3) is 0 Å². The van der Waals surface area contributed by atoms with E-state index in [-0.39, 0.29) is 25.3 Å². The van der Waals surface area contributed by atoms with Crippen LogP contribution in [0.5, 0.6) is 5.75 Å². The number of ether oxygens (including phenoxy) is 1. The first-order valence-electron chi connectivity index (χ1n) is 6.03. The van der Waals surface area contributed by atoms with E-state index in [2.05, 4.69) is 0 Å². The number of likely N-dealkylation sites (N-methyl/N-ethyl adjacent to an activating group) is 1. The molecule has 5 nitrogen and oxygen atoms in total. The molecule has 104 valence electrons. The zero-order valence-corrected chi connectivity index (χ0v) is 11.5. The van der Waals surface area contributed by atoms with Crippen LogP contribution in [-0.2, 0) is 16.0 Å². The molecule has 0 bridgehead atoms. The van der Waals surface area contributed by atoms with E-state index in [0.717, 1.165) is 11.1 Å². The Morgan fingerprint density at radius 3 is 2.63 bits per heavy atom. The van der Waals surface area contributed by atoms with Gasteiger partial charge < -0.3 is 14.7 Å². The third-order valence-corrected chi connectivity index (χ3v) is 2.87. The molecule has 5 heteroatoms. The summed E-state index contributed by atoms with van der Waals surface area (Å²) in [6.07, 6.45) is 0.160. The lowest BCUT2D eigenvalue weighted by Gasteiger charge is -2.17. The number of amides is 1. The van der Waals surface area contributed by atoms with Crippen molar-refractivity contribution < 1.29 is 19.4 Å². The van der Waals surface area contributed by atoms with E-state index in [9.17, 15) is 9.59 Å². The fourth-order valence-electron chi connectivity index (χ4n) is 1.68. The number of rotatable bonds is 6. The quantitative estimate of drug-likeness (QED) is 0.846. The molecule has 0 aliphatic heterocycles. The van der Waals surface area contributed by atoms with Crippen LogP contribution in [0.2, 0.25) is 0 Å². The van der Waals surface area contributed by atoms with Gasteiger partial charge in [-0.15, -0.1) is 0 Å². The van der Waals surface area contributed by atoms with Gasteiger partial charge in [0.15, 0.2) is 0 Å². The number of carboxylic acids is 1. The van der Waals surface area contributed by atoms with Crippen molar-refractivity contribution >= 4 is 11.9 Å². The van der Waals surface area contributed by atoms with Crippen molar-refractivity contribution in [2.45, 2.75) is 19.8 Å². The number of methoxy groups -OCH3 is 1. The van der Waals surface area contributed by atoms with Crippen LogP contribution in [0.1, 0.15) is 17.5 Å². The number of nitrogens with zero attached hydrogens (tertiary/aromatic N) is 1. The Morgan fingerprint density at radius 1 is 1.37 bits per heavy atom. The molecule has 1 rings (SSSR count). The first-order chi connectivity index (χ1) is 8.93. The molecule has 1 aromatic carbocycles. The Bertz CT molecular complexity index is 471. The van der Waals surface area contributed by atoms with Crippen LogP contribution < -0.4 is 4.74 Å². The zero-order chi connectivity index (χ0) is 14.4. The minimum atomic E-state index is -0.910. The van der Waals surface area contributed by atoms with Crippen LogP contribution in [0.4, 0.5) is 0 Å². The number of carbonyl (C=O) groups excluding carboxylic acids is 1. The molecule has 0 unspecified atom stereocenters. The topological polar surface area (TPSA) is 66.8 Å². The first-order valence-corrected chi connectivity index (χ1v) is 6.03. The molecule has 0 aliphatic carbocycles. The van der Waals surface area contributed by atoms with E-state index in [1.54, 1.807) is 14.2 Å². The van der Waals surface area contributed by atoms with Crippen molar-refractivity contribution in [2.24, 2.45) is 0 Å². The third-order valence-electron chi connectivity index (χ3n) is 2.87. The molecular formula is C14H19NO4. The van der Waals surface area contributed by atoms with Crippen LogP contribution >= 0.6 is 0 Å². The SMILES string of the molecule is COc1cc(C)ccc1CC(=O)N(C)CCC(=O)O. The van der Waals surface area contributed by atoms with Crippen molar-refractivity contribution in [3.8, 4) is 5.75 Å². The predicted octanol–water partition coefficient (Wildman–Crippen LogP) is 1.48. The highest BCUT2D eigenvalue weighted by atomic mass is 16.5. The highest BCUT2D eigenvalue weighted by Crippen LogP contribution is 2.20. The summed E-state index contributed by atoms with van der Waals surface area (Å²) in [4.78, 5) is 23.8. The minimum Gasteiger partial charge on any atom is -0.496 e. The molecular weight excluding hydrogens is 246 g/mol. The number of carbonyl (C=O) groups is 2. The van der Waals surface area contributed by atoms with Crippen molar-refractivity contribution in [1.29, 1.82) is 0 Å². The molecule has 19 heavy (non-hydrogen) atoms. The second-order valence-electron chi connectivity index (χ2n) is 4.45. The molecule has 1 amide bonds. The summed E-state index contributed by atoms with van der Waals surface area (Å²) in [5, 5.41) is 8.59. The van der Waals surface area contributed by atoms with E-state index in [0.29, 0.717) is 5.75 Å². The van der Waals surface area contributed by atoms with Crippen molar-refractivity contribution in [3.63, 3.8) is 0 Å². The van der Waals surface area contributed by atoms with Gasteiger partial charge in [-0.3, -0.25) is 9.59 Å². The summed E-state index contributed by atoms with van der Waals surface area (Å²) in [6.45, 7) is 2.16. The van der Waals surface area contributed by atoms with Crippen molar-refractivity contribution in [3.05, 3.63) is 29.3 Å². The van der Waals surface area contributed by atoms with E-state index < -0.39 is 5.97 Å². The molecule has 1 aromatic rings. The van der Waals surface area contributed by atoms with E-state index >= 15 is 0 Å². The number of aliphatic carboxylic acids is 1. The van der Waals surface area contributed by atoms with E-state index in [4.69, 9.17) is 9.84 Å². The molecule has 0 saturated heterocycles. The lowest BCUT2D eigenvalue weighted by atomic mass is 10.1. The predicted molar refractivity (Wildman–Crippen MR) is 71.3 cm³/mol. The molecule has 0 aliphatic rings. The number of aryl methyl sites for hydroxylation is 1.